The van der Waals surface area contributed by atoms with Gasteiger partial charge in [0, 0.05) is 75.4 Å². The van der Waals surface area contributed by atoms with Crippen LogP contribution in [-0.2, 0) is 11.2 Å². The molecule has 232 valence electrons. The molecule has 3 aliphatic heterocycles. The van der Waals surface area contributed by atoms with Crippen molar-refractivity contribution in [1.29, 1.82) is 0 Å². The van der Waals surface area contributed by atoms with Gasteiger partial charge in [-0.1, -0.05) is 24.3 Å². The molecule has 2 aromatic rings. The Morgan fingerprint density at radius 3 is 2.40 bits per heavy atom. The Morgan fingerprint density at radius 2 is 1.67 bits per heavy atom. The lowest BCUT2D eigenvalue weighted by Gasteiger charge is -2.46. The zero-order chi connectivity index (χ0) is 30.3. The van der Waals surface area contributed by atoms with E-state index in [0.717, 1.165) is 77.9 Å². The van der Waals surface area contributed by atoms with Gasteiger partial charge in [0.25, 0.3) is 0 Å². The van der Waals surface area contributed by atoms with Crippen molar-refractivity contribution in [2.24, 2.45) is 11.8 Å². The van der Waals surface area contributed by atoms with Gasteiger partial charge in [-0.05, 0) is 87.7 Å². The fourth-order valence-electron chi connectivity index (χ4n) is 7.23. The molecule has 3 fully saturated rings. The fourth-order valence-corrected chi connectivity index (χ4v) is 7.23. The molecule has 8 nitrogen and oxygen atoms in total. The van der Waals surface area contributed by atoms with E-state index < -0.39 is 0 Å². The predicted molar refractivity (Wildman–Crippen MR) is 167 cm³/mol. The number of ketones is 1. The molecule has 3 atom stereocenters. The molecule has 0 aromatic heterocycles. The molecule has 0 saturated carbocycles. The standard InChI is InChI=1S/C34H46FN5O3/c1-24(41)28-6-3-7-31(20-28)36-34(43)37-33-14-18-40(32-12-16-39(17-13-32)25(2)42)23-29(33)22-38-15-4-5-27(21-38)19-26-8-10-30(35)11-9-26/h3,6-11,20,27,29,32-33H,4-5,12-19,21-23H2,1-2H3,(H2,36,37,43)/t27-,29+,33+/m0/s1. The number of amides is 3. The molecule has 43 heavy (non-hydrogen) atoms. The molecule has 0 spiro atoms. The van der Waals surface area contributed by atoms with E-state index >= 15 is 0 Å². The van der Waals surface area contributed by atoms with E-state index in [0.29, 0.717) is 23.2 Å². The van der Waals surface area contributed by atoms with Crippen LogP contribution in [0.25, 0.3) is 0 Å². The molecule has 5 rings (SSSR count). The number of benzene rings is 2. The number of hydrogen-bond donors (Lipinski definition) is 2. The van der Waals surface area contributed by atoms with Crippen molar-refractivity contribution in [2.45, 2.75) is 64.5 Å². The molecule has 0 unspecified atom stereocenters. The molecule has 3 heterocycles. The van der Waals surface area contributed by atoms with Gasteiger partial charge in [-0.15, -0.1) is 0 Å². The SMILES string of the molecule is CC(=O)c1cccc(NC(=O)N[C@@H]2CCN(C3CCN(C(C)=O)CC3)C[C@H]2CN2CCC[C@@H](Cc3ccc(F)cc3)C2)c1. The normalized spacial score (nSPS) is 24.0. The minimum atomic E-state index is -0.244. The molecular formula is C34H46FN5O3. The molecule has 0 bridgehead atoms. The van der Waals surface area contributed by atoms with Crippen LogP contribution in [-0.4, -0.2) is 90.3 Å². The minimum absolute atomic E-state index is 0.0297. The molecule has 0 radical (unpaired) electrons. The molecular weight excluding hydrogens is 545 g/mol. The van der Waals surface area contributed by atoms with E-state index in [1.165, 1.54) is 18.9 Å². The minimum Gasteiger partial charge on any atom is -0.343 e. The van der Waals surface area contributed by atoms with Crippen molar-refractivity contribution in [1.82, 2.24) is 20.0 Å². The lowest BCUT2D eigenvalue weighted by molar-refractivity contribution is -0.130. The molecule has 3 saturated heterocycles. The number of piperidine rings is 3. The zero-order valence-corrected chi connectivity index (χ0v) is 25.6. The summed E-state index contributed by atoms with van der Waals surface area (Å²) in [6.07, 6.45) is 6.10. The van der Waals surface area contributed by atoms with Crippen molar-refractivity contribution in [3.05, 3.63) is 65.5 Å². The Morgan fingerprint density at radius 1 is 0.907 bits per heavy atom. The maximum absolute atomic E-state index is 13.4. The topological polar surface area (TPSA) is 85.0 Å². The Bertz CT molecular complexity index is 1260. The quantitative estimate of drug-likeness (QED) is 0.431. The number of Topliss-reactive ketones (excluding diaryl/α,β-unsaturated/α-hetero) is 1. The Labute approximate surface area is 255 Å². The van der Waals surface area contributed by atoms with Crippen molar-refractivity contribution >= 4 is 23.4 Å². The van der Waals surface area contributed by atoms with Gasteiger partial charge in [0.15, 0.2) is 5.78 Å². The number of rotatable bonds is 8. The second-order valence-electron chi connectivity index (χ2n) is 12.7. The summed E-state index contributed by atoms with van der Waals surface area (Å²) in [6.45, 7) is 9.57. The molecule has 2 aromatic carbocycles. The second-order valence-corrected chi connectivity index (χ2v) is 12.7. The maximum Gasteiger partial charge on any atom is 0.319 e. The van der Waals surface area contributed by atoms with Crippen LogP contribution in [0.1, 0.15) is 61.9 Å². The molecule has 3 amide bonds. The first-order valence-corrected chi connectivity index (χ1v) is 15.9. The smallest absolute Gasteiger partial charge is 0.319 e. The summed E-state index contributed by atoms with van der Waals surface area (Å²) >= 11 is 0. The van der Waals surface area contributed by atoms with Gasteiger partial charge in [-0.2, -0.15) is 0 Å². The number of carbonyl (C=O) groups is 3. The van der Waals surface area contributed by atoms with Crippen LogP contribution in [0.2, 0.25) is 0 Å². The van der Waals surface area contributed by atoms with Crippen molar-refractivity contribution < 1.29 is 18.8 Å². The van der Waals surface area contributed by atoms with E-state index in [9.17, 15) is 18.8 Å². The lowest BCUT2D eigenvalue weighted by Crippen LogP contribution is -2.58. The van der Waals surface area contributed by atoms with Gasteiger partial charge in [-0.25, -0.2) is 9.18 Å². The summed E-state index contributed by atoms with van der Waals surface area (Å²) in [7, 11) is 0. The largest absolute Gasteiger partial charge is 0.343 e. The third kappa shape index (κ3) is 8.63. The summed E-state index contributed by atoms with van der Waals surface area (Å²) in [5, 5.41) is 6.22. The number of likely N-dealkylation sites (tertiary alicyclic amines) is 3. The van der Waals surface area contributed by atoms with Crippen LogP contribution in [0, 0.1) is 17.7 Å². The van der Waals surface area contributed by atoms with Gasteiger partial charge >= 0.3 is 6.03 Å². The highest BCUT2D eigenvalue weighted by Gasteiger charge is 2.36. The third-order valence-electron chi connectivity index (χ3n) is 9.57. The van der Waals surface area contributed by atoms with Gasteiger partial charge in [0.1, 0.15) is 5.82 Å². The first-order valence-electron chi connectivity index (χ1n) is 15.9. The number of halogens is 1. The number of carbonyl (C=O) groups excluding carboxylic acids is 3. The van der Waals surface area contributed by atoms with Gasteiger partial charge in [0.05, 0.1) is 0 Å². The molecule has 9 heteroatoms. The van der Waals surface area contributed by atoms with Crippen LogP contribution < -0.4 is 10.6 Å². The molecule has 0 aliphatic carbocycles. The van der Waals surface area contributed by atoms with E-state index in [-0.39, 0.29) is 35.5 Å². The highest BCUT2D eigenvalue weighted by Crippen LogP contribution is 2.28. The van der Waals surface area contributed by atoms with E-state index in [1.807, 2.05) is 17.0 Å². The van der Waals surface area contributed by atoms with Crippen molar-refractivity contribution in [3.63, 3.8) is 0 Å². The summed E-state index contributed by atoms with van der Waals surface area (Å²) in [6, 6.07) is 14.2. The lowest BCUT2D eigenvalue weighted by atomic mass is 9.87. The van der Waals surface area contributed by atoms with Crippen LogP contribution in [0.5, 0.6) is 0 Å². The fraction of sp³-hybridized carbons (Fsp3) is 0.559. The summed E-state index contributed by atoms with van der Waals surface area (Å²) in [5.74, 6) is 0.706. The van der Waals surface area contributed by atoms with E-state index in [2.05, 4.69) is 20.4 Å². The van der Waals surface area contributed by atoms with Crippen LogP contribution in [0.15, 0.2) is 48.5 Å². The summed E-state index contributed by atoms with van der Waals surface area (Å²) in [5.41, 5.74) is 2.36. The number of hydrogen-bond acceptors (Lipinski definition) is 5. The van der Waals surface area contributed by atoms with E-state index in [1.54, 1.807) is 43.3 Å². The molecule has 3 aliphatic rings. The first kappa shape index (κ1) is 31.1. The molecule has 2 N–H and O–H groups in total. The highest BCUT2D eigenvalue weighted by atomic mass is 19.1. The first-order chi connectivity index (χ1) is 20.7. The van der Waals surface area contributed by atoms with Crippen molar-refractivity contribution in [2.75, 3.05) is 51.1 Å². The van der Waals surface area contributed by atoms with Crippen LogP contribution in [0.4, 0.5) is 14.9 Å². The number of nitrogens with zero attached hydrogens (tertiary/aromatic N) is 3. The average Bonchev–Trinajstić information content (AvgIpc) is 2.99. The number of nitrogens with one attached hydrogen (secondary N) is 2. The Kier molecular flexibility index (Phi) is 10.5. The van der Waals surface area contributed by atoms with Crippen LogP contribution >= 0.6 is 0 Å². The second kappa shape index (κ2) is 14.4. The highest BCUT2D eigenvalue weighted by molar-refractivity contribution is 5.96. The van der Waals surface area contributed by atoms with Crippen molar-refractivity contribution in [3.8, 4) is 0 Å². The Hall–Kier alpha value is -3.30. The monoisotopic (exact) mass is 591 g/mol. The zero-order valence-electron chi connectivity index (χ0n) is 25.6. The third-order valence-corrected chi connectivity index (χ3v) is 9.57. The van der Waals surface area contributed by atoms with Gasteiger partial charge < -0.3 is 20.4 Å². The van der Waals surface area contributed by atoms with E-state index in [4.69, 9.17) is 0 Å². The maximum atomic E-state index is 13.4. The summed E-state index contributed by atoms with van der Waals surface area (Å²) in [4.78, 5) is 43.9. The predicted octanol–water partition coefficient (Wildman–Crippen LogP) is 4.81. The average molecular weight is 592 g/mol. The number of anilines is 1. The van der Waals surface area contributed by atoms with Crippen LogP contribution in [0.3, 0.4) is 0 Å². The van der Waals surface area contributed by atoms with Gasteiger partial charge in [0.2, 0.25) is 5.91 Å². The Balaban J connectivity index is 1.23. The summed E-state index contributed by atoms with van der Waals surface area (Å²) < 4.78 is 13.4. The number of urea groups is 1. The van der Waals surface area contributed by atoms with Gasteiger partial charge in [-0.3, -0.25) is 14.5 Å².